The first-order valence-corrected chi connectivity index (χ1v) is 9.85. The number of hydrogen-bond donors (Lipinski definition) is 1. The molecule has 0 spiro atoms. The fourth-order valence-electron chi connectivity index (χ4n) is 3.84. The second-order valence-corrected chi connectivity index (χ2v) is 7.23. The Labute approximate surface area is 174 Å². The summed E-state index contributed by atoms with van der Waals surface area (Å²) in [6, 6.07) is 22.4. The highest BCUT2D eigenvalue weighted by atomic mass is 19.1. The second-order valence-electron chi connectivity index (χ2n) is 7.23. The zero-order valence-corrected chi connectivity index (χ0v) is 16.3. The topological polar surface area (TPSA) is 33.7 Å². The van der Waals surface area contributed by atoms with E-state index < -0.39 is 0 Å². The molecule has 5 rings (SSSR count). The predicted octanol–water partition coefficient (Wildman–Crippen LogP) is 5.38. The van der Waals surface area contributed by atoms with Gasteiger partial charge in [0, 0.05) is 11.1 Å². The quantitative estimate of drug-likeness (QED) is 0.583. The third-order valence-electron chi connectivity index (χ3n) is 5.29. The van der Waals surface area contributed by atoms with Crippen molar-refractivity contribution in [2.75, 3.05) is 6.61 Å². The van der Waals surface area contributed by atoms with Crippen LogP contribution in [0.4, 0.5) is 4.39 Å². The summed E-state index contributed by atoms with van der Waals surface area (Å²) < 4.78 is 25.3. The van der Waals surface area contributed by atoms with Gasteiger partial charge in [0.15, 0.2) is 6.23 Å². The van der Waals surface area contributed by atoms with Gasteiger partial charge in [-0.25, -0.2) is 4.39 Å². The minimum atomic E-state index is -0.380. The van der Waals surface area contributed by atoms with Gasteiger partial charge < -0.3 is 14.9 Å². The molecule has 2 aliphatic heterocycles. The van der Waals surface area contributed by atoms with Gasteiger partial charge >= 0.3 is 0 Å². The molecule has 30 heavy (non-hydrogen) atoms. The number of rotatable bonds is 5. The van der Waals surface area contributed by atoms with E-state index in [-0.39, 0.29) is 18.1 Å². The molecule has 5 heteroatoms. The molecule has 0 saturated carbocycles. The molecule has 2 atom stereocenters. The largest absolute Gasteiger partial charge is 0.490 e. The molecule has 0 fully saturated rings. The Bertz CT molecular complexity index is 1090. The maximum Gasteiger partial charge on any atom is 0.195 e. The number of halogens is 1. The Morgan fingerprint density at radius 2 is 1.80 bits per heavy atom. The summed E-state index contributed by atoms with van der Waals surface area (Å²) in [4.78, 5) is 0. The lowest BCUT2D eigenvalue weighted by molar-refractivity contribution is -0.0326. The molecule has 0 bridgehead atoms. The Morgan fingerprint density at radius 1 is 1.03 bits per heavy atom. The molecule has 0 saturated heterocycles. The molecular weight excluding hydrogens is 379 g/mol. The van der Waals surface area contributed by atoms with Gasteiger partial charge in [0.1, 0.15) is 23.9 Å². The minimum absolute atomic E-state index is 0.00306. The van der Waals surface area contributed by atoms with Crippen molar-refractivity contribution < 1.29 is 13.9 Å². The molecule has 0 aliphatic carbocycles. The van der Waals surface area contributed by atoms with Crippen LogP contribution in [0.1, 0.15) is 29.0 Å². The lowest BCUT2D eigenvalue weighted by atomic mass is 10.0. The lowest BCUT2D eigenvalue weighted by Crippen LogP contribution is -2.43. The average Bonchev–Trinajstić information content (AvgIpc) is 3.24. The molecule has 3 aromatic carbocycles. The molecule has 4 nitrogen and oxygen atoms in total. The highest BCUT2D eigenvalue weighted by molar-refractivity contribution is 5.68. The van der Waals surface area contributed by atoms with Gasteiger partial charge in [0.2, 0.25) is 0 Å². The molecule has 1 N–H and O–H groups in total. The van der Waals surface area contributed by atoms with Gasteiger partial charge in [0.25, 0.3) is 0 Å². The normalized spacial score (nSPS) is 19.7. The Balaban J connectivity index is 1.48. The van der Waals surface area contributed by atoms with E-state index in [1.165, 1.54) is 12.1 Å². The fourth-order valence-corrected chi connectivity index (χ4v) is 3.84. The van der Waals surface area contributed by atoms with Crippen molar-refractivity contribution in [3.63, 3.8) is 0 Å². The number of para-hydroxylation sites is 1. The second kappa shape index (κ2) is 7.69. The molecular formula is C25H21FN2O2. The summed E-state index contributed by atoms with van der Waals surface area (Å²) in [7, 11) is 0. The molecule has 3 aromatic rings. The van der Waals surface area contributed by atoms with Crippen molar-refractivity contribution in [3.05, 3.63) is 114 Å². The van der Waals surface area contributed by atoms with Gasteiger partial charge in [-0.1, -0.05) is 43.0 Å². The van der Waals surface area contributed by atoms with Crippen molar-refractivity contribution in [2.45, 2.75) is 12.3 Å². The van der Waals surface area contributed by atoms with E-state index in [1.54, 1.807) is 18.2 Å². The van der Waals surface area contributed by atoms with E-state index in [2.05, 4.69) is 29.2 Å². The molecule has 0 radical (unpaired) electrons. The van der Waals surface area contributed by atoms with E-state index in [0.717, 1.165) is 33.9 Å². The Hall–Kier alpha value is -3.57. The maximum atomic E-state index is 13.5. The van der Waals surface area contributed by atoms with Crippen LogP contribution in [-0.2, 0) is 0 Å². The van der Waals surface area contributed by atoms with E-state index >= 15 is 0 Å². The van der Waals surface area contributed by atoms with Crippen molar-refractivity contribution in [1.29, 1.82) is 0 Å². The highest BCUT2D eigenvalue weighted by Gasteiger charge is 2.39. The summed E-state index contributed by atoms with van der Waals surface area (Å²) in [6.45, 7) is 4.15. The van der Waals surface area contributed by atoms with Crippen molar-refractivity contribution >= 4 is 5.70 Å². The summed E-state index contributed by atoms with van der Waals surface area (Å²) in [6.07, 6.45) is 3.53. The molecule has 2 heterocycles. The van der Waals surface area contributed by atoms with E-state index in [1.807, 2.05) is 42.5 Å². The van der Waals surface area contributed by atoms with Crippen LogP contribution in [0, 0.1) is 5.82 Å². The van der Waals surface area contributed by atoms with Gasteiger partial charge in [-0.15, -0.1) is 0 Å². The van der Waals surface area contributed by atoms with Crippen LogP contribution in [0.3, 0.4) is 0 Å². The van der Waals surface area contributed by atoms with Crippen molar-refractivity contribution in [3.8, 4) is 11.5 Å². The zero-order valence-electron chi connectivity index (χ0n) is 16.3. The zero-order chi connectivity index (χ0) is 20.5. The van der Waals surface area contributed by atoms with E-state index in [0.29, 0.717) is 6.61 Å². The van der Waals surface area contributed by atoms with Gasteiger partial charge in [-0.05, 0) is 54.1 Å². The molecule has 0 aromatic heterocycles. The van der Waals surface area contributed by atoms with Gasteiger partial charge in [-0.2, -0.15) is 5.01 Å². The smallest absolute Gasteiger partial charge is 0.195 e. The van der Waals surface area contributed by atoms with Crippen LogP contribution in [0.15, 0.2) is 91.5 Å². The third-order valence-corrected chi connectivity index (χ3v) is 5.29. The number of hydrazine groups is 1. The highest BCUT2D eigenvalue weighted by Crippen LogP contribution is 2.45. The van der Waals surface area contributed by atoms with Crippen molar-refractivity contribution in [2.24, 2.45) is 0 Å². The predicted molar refractivity (Wildman–Crippen MR) is 114 cm³/mol. The Morgan fingerprint density at radius 3 is 2.57 bits per heavy atom. The third kappa shape index (κ3) is 3.33. The summed E-state index contributed by atoms with van der Waals surface area (Å²) in [5.41, 5.74) is 7.50. The summed E-state index contributed by atoms with van der Waals surface area (Å²) >= 11 is 0. The standard InChI is InChI=1S/C25H21FN2O2/c1-2-15-29-20-13-9-17(10-14-20)22-16-23-21-5-3-4-6-24(21)30-25(28(23)27-22)18-7-11-19(26)12-8-18/h2-14,16,23,25,27H,1,15H2. The van der Waals surface area contributed by atoms with E-state index in [9.17, 15) is 4.39 Å². The maximum absolute atomic E-state index is 13.5. The number of nitrogens with zero attached hydrogens (tertiary/aromatic N) is 1. The first kappa shape index (κ1) is 18.5. The minimum Gasteiger partial charge on any atom is -0.490 e. The molecule has 2 aliphatic rings. The Kier molecular flexibility index (Phi) is 4.73. The lowest BCUT2D eigenvalue weighted by Gasteiger charge is -2.38. The fraction of sp³-hybridized carbons (Fsp3) is 0.120. The van der Waals surface area contributed by atoms with E-state index in [4.69, 9.17) is 9.47 Å². The summed E-state index contributed by atoms with van der Waals surface area (Å²) in [5, 5.41) is 2.06. The van der Waals surface area contributed by atoms with Crippen LogP contribution in [0.25, 0.3) is 5.70 Å². The first-order valence-electron chi connectivity index (χ1n) is 9.85. The van der Waals surface area contributed by atoms with Crippen LogP contribution >= 0.6 is 0 Å². The molecule has 2 unspecified atom stereocenters. The number of nitrogens with one attached hydrogen (secondary N) is 1. The number of hydrogen-bond acceptors (Lipinski definition) is 4. The monoisotopic (exact) mass is 400 g/mol. The SMILES string of the molecule is C=CCOc1ccc(C2=CC3c4ccccc4OC(c4ccc(F)cc4)N3N2)cc1. The first-order chi connectivity index (χ1) is 14.7. The van der Waals surface area contributed by atoms with Gasteiger partial charge in [0.05, 0.1) is 11.7 Å². The van der Waals surface area contributed by atoms with Gasteiger partial charge in [-0.3, -0.25) is 0 Å². The molecule has 0 amide bonds. The van der Waals surface area contributed by atoms with Crippen LogP contribution in [0.2, 0.25) is 0 Å². The van der Waals surface area contributed by atoms with Crippen LogP contribution < -0.4 is 14.9 Å². The summed E-state index contributed by atoms with van der Waals surface area (Å²) in [5.74, 6) is 1.37. The number of benzene rings is 3. The number of ether oxygens (including phenoxy) is 2. The van der Waals surface area contributed by atoms with Crippen LogP contribution in [-0.4, -0.2) is 11.6 Å². The van der Waals surface area contributed by atoms with Crippen LogP contribution in [0.5, 0.6) is 11.5 Å². The average molecular weight is 400 g/mol. The molecule has 150 valence electrons. The van der Waals surface area contributed by atoms with Crippen molar-refractivity contribution in [1.82, 2.24) is 10.4 Å². The number of fused-ring (bicyclic) bond motifs is 3.